The topological polar surface area (TPSA) is 120 Å². The van der Waals surface area contributed by atoms with E-state index < -0.39 is 36.2 Å². The van der Waals surface area contributed by atoms with Gasteiger partial charge >= 0.3 is 13.8 Å². The quantitative estimate of drug-likeness (QED) is 0.370. The third-order valence-electron chi connectivity index (χ3n) is 4.34. The van der Waals surface area contributed by atoms with Gasteiger partial charge in [0.25, 0.3) is 0 Å². The van der Waals surface area contributed by atoms with Gasteiger partial charge in [-0.2, -0.15) is 0 Å². The van der Waals surface area contributed by atoms with Crippen LogP contribution in [0.3, 0.4) is 0 Å². The number of fused-ring (bicyclic) bond motifs is 1. The molecule has 1 aliphatic heterocycles. The number of nitrogens with zero attached hydrogens (tertiary/aromatic N) is 1. The van der Waals surface area contributed by atoms with E-state index in [0.29, 0.717) is 24.2 Å². The number of nitrogens with one attached hydrogen (secondary N) is 1. The van der Waals surface area contributed by atoms with Gasteiger partial charge in [-0.1, -0.05) is 19.1 Å². The third-order valence-corrected chi connectivity index (χ3v) is 8.71. The molecule has 30 heavy (non-hydrogen) atoms. The van der Waals surface area contributed by atoms with Crippen molar-refractivity contribution in [3.8, 4) is 5.75 Å². The van der Waals surface area contributed by atoms with Gasteiger partial charge in [0, 0.05) is 6.42 Å². The number of para-hydroxylation sites is 1. The molecule has 2 rings (SSSR count). The molecule has 1 aromatic rings. The van der Waals surface area contributed by atoms with E-state index in [0.717, 1.165) is 9.64 Å². The molecule has 2 atom stereocenters. The minimum atomic E-state index is -3.91. The van der Waals surface area contributed by atoms with Crippen LogP contribution < -0.4 is 10.1 Å². The molecule has 0 saturated heterocycles. The van der Waals surface area contributed by atoms with Gasteiger partial charge in [-0.25, -0.2) is 9.36 Å². The molecule has 0 aromatic heterocycles. The summed E-state index contributed by atoms with van der Waals surface area (Å²) in [6.07, 6.45) is -0.216. The van der Waals surface area contributed by atoms with E-state index in [1.165, 1.54) is 0 Å². The van der Waals surface area contributed by atoms with Gasteiger partial charge in [-0.15, -0.1) is 0 Å². The number of benzene rings is 1. The fraction of sp³-hybridized carbons (Fsp3) is 0.632. The van der Waals surface area contributed by atoms with Crippen LogP contribution in [-0.4, -0.2) is 45.2 Å². The molecule has 11 heteroatoms. The monoisotopic (exact) mass is 462 g/mol. The zero-order chi connectivity index (χ0) is 22.5. The Balaban J connectivity index is 2.52. The Hall–Kier alpha value is -1.29. The third kappa shape index (κ3) is 5.69. The van der Waals surface area contributed by atoms with Crippen LogP contribution in [0, 0.1) is 0 Å². The summed E-state index contributed by atoms with van der Waals surface area (Å²) < 4.78 is 45.0. The van der Waals surface area contributed by atoms with Crippen LogP contribution in [0.2, 0.25) is 0 Å². The number of hydrogen-bond acceptors (Lipinski definition) is 6. The number of hydrogen-bond donors (Lipinski definition) is 2. The van der Waals surface area contributed by atoms with E-state index in [9.17, 15) is 19.0 Å². The highest BCUT2D eigenvalue weighted by atomic mass is 32.2. The van der Waals surface area contributed by atoms with Gasteiger partial charge < -0.3 is 14.4 Å². The van der Waals surface area contributed by atoms with Crippen molar-refractivity contribution in [1.82, 2.24) is 9.39 Å². The van der Waals surface area contributed by atoms with Gasteiger partial charge in [-0.3, -0.25) is 14.4 Å². The van der Waals surface area contributed by atoms with Crippen LogP contribution in [0.15, 0.2) is 18.2 Å². The molecule has 0 spiro atoms. The van der Waals surface area contributed by atoms with E-state index in [4.69, 9.17) is 13.8 Å². The molecule has 2 N–H and O–H groups in total. The van der Waals surface area contributed by atoms with E-state index in [1.807, 2.05) is 26.8 Å². The average Bonchev–Trinajstić information content (AvgIpc) is 2.97. The van der Waals surface area contributed by atoms with Crippen molar-refractivity contribution in [2.45, 2.75) is 58.4 Å². The maximum Gasteiger partial charge on any atom is 0.449 e. The van der Waals surface area contributed by atoms with E-state index >= 15 is 0 Å². The zero-order valence-electron chi connectivity index (χ0n) is 18.0. The number of carboxylic acid groups (broad SMARTS) is 1. The Morgan fingerprint density at radius 2 is 2.00 bits per heavy atom. The first-order chi connectivity index (χ1) is 14.1. The molecule has 170 valence electrons. The van der Waals surface area contributed by atoms with Crippen molar-refractivity contribution in [2.24, 2.45) is 0 Å². The van der Waals surface area contributed by atoms with Gasteiger partial charge in [0.1, 0.15) is 11.4 Å². The predicted octanol–water partition coefficient (Wildman–Crippen LogP) is 4.22. The standard InChI is InChI=1S/C19H31N2O7PS/c1-6-12-21(29(24,26-7-2)27-8-3)30(25)17(20-18(22)23)15-11-9-10-14-13-19(4,5)28-16(14)15/h9-11,17,20H,6-8,12-13H2,1-5H3,(H,22,23). The highest BCUT2D eigenvalue weighted by Gasteiger charge is 2.47. The summed E-state index contributed by atoms with van der Waals surface area (Å²) in [6, 6.07) is 5.32. The Labute approximate surface area is 181 Å². The number of rotatable bonds is 11. The first kappa shape index (κ1) is 25.0. The van der Waals surface area contributed by atoms with Crippen molar-refractivity contribution < 1.29 is 32.8 Å². The zero-order valence-corrected chi connectivity index (χ0v) is 19.8. The molecule has 0 fully saturated rings. The van der Waals surface area contributed by atoms with E-state index in [2.05, 4.69) is 5.32 Å². The Kier molecular flexibility index (Phi) is 8.61. The lowest BCUT2D eigenvalue weighted by atomic mass is 10.0. The van der Waals surface area contributed by atoms with Crippen LogP contribution in [0.1, 0.15) is 57.5 Å². The number of amides is 1. The average molecular weight is 463 g/mol. The van der Waals surface area contributed by atoms with Crippen molar-refractivity contribution in [3.05, 3.63) is 29.3 Å². The second-order valence-corrected chi connectivity index (χ2v) is 11.0. The first-order valence-corrected chi connectivity index (χ1v) is 12.6. The predicted molar refractivity (Wildman–Crippen MR) is 115 cm³/mol. The van der Waals surface area contributed by atoms with Crippen molar-refractivity contribution in [1.29, 1.82) is 0 Å². The maximum atomic E-state index is 13.7. The molecule has 0 saturated carbocycles. The molecule has 0 bridgehead atoms. The van der Waals surface area contributed by atoms with Crippen molar-refractivity contribution in [3.63, 3.8) is 0 Å². The highest BCUT2D eigenvalue weighted by Crippen LogP contribution is 2.55. The van der Waals surface area contributed by atoms with Crippen LogP contribution in [0.4, 0.5) is 4.79 Å². The molecular weight excluding hydrogens is 431 g/mol. The molecule has 1 aromatic carbocycles. The molecule has 1 aliphatic rings. The van der Waals surface area contributed by atoms with Crippen molar-refractivity contribution in [2.75, 3.05) is 19.8 Å². The van der Waals surface area contributed by atoms with Gasteiger partial charge in [0.15, 0.2) is 0 Å². The fourth-order valence-electron chi connectivity index (χ4n) is 3.31. The maximum absolute atomic E-state index is 13.7. The molecule has 2 unspecified atom stereocenters. The smallest absolute Gasteiger partial charge is 0.449 e. The summed E-state index contributed by atoms with van der Waals surface area (Å²) in [4.78, 5) is 11.6. The minimum Gasteiger partial charge on any atom is -0.595 e. The van der Waals surface area contributed by atoms with Crippen LogP contribution >= 0.6 is 7.75 Å². The normalized spacial score (nSPS) is 17.3. The lowest BCUT2D eigenvalue weighted by Gasteiger charge is -2.33. The summed E-state index contributed by atoms with van der Waals surface area (Å²) >= 11 is -2.11. The summed E-state index contributed by atoms with van der Waals surface area (Å²) in [5.41, 5.74) is 0.842. The van der Waals surface area contributed by atoms with Crippen LogP contribution in [0.25, 0.3) is 0 Å². The minimum absolute atomic E-state index is 0.0871. The van der Waals surface area contributed by atoms with Crippen LogP contribution in [0.5, 0.6) is 5.75 Å². The van der Waals surface area contributed by atoms with E-state index in [-0.39, 0.29) is 19.8 Å². The molecular formula is C19H31N2O7PS. The van der Waals surface area contributed by atoms with E-state index in [1.54, 1.807) is 26.0 Å². The van der Waals surface area contributed by atoms with Gasteiger partial charge in [0.2, 0.25) is 5.37 Å². The largest absolute Gasteiger partial charge is 0.595 e. The lowest BCUT2D eigenvalue weighted by molar-refractivity contribution is 0.136. The summed E-state index contributed by atoms with van der Waals surface area (Å²) in [5, 5.41) is 10.5. The lowest BCUT2D eigenvalue weighted by Crippen LogP contribution is -2.42. The Bertz CT molecular complexity index is 782. The summed E-state index contributed by atoms with van der Waals surface area (Å²) in [6.45, 7) is 9.30. The molecule has 0 aliphatic carbocycles. The first-order valence-electron chi connectivity index (χ1n) is 9.96. The van der Waals surface area contributed by atoms with Crippen molar-refractivity contribution >= 4 is 25.2 Å². The van der Waals surface area contributed by atoms with Gasteiger partial charge in [-0.05, 0) is 49.8 Å². The highest BCUT2D eigenvalue weighted by molar-refractivity contribution is 7.94. The molecule has 0 radical (unpaired) electrons. The summed E-state index contributed by atoms with van der Waals surface area (Å²) in [5.74, 6) is 0.494. The SMILES string of the molecule is CCCN([S+]([O-])C(NC(=O)O)c1cccc2c1OC(C)(C)C2)P(=O)(OCC)OCC. The molecule has 1 heterocycles. The summed E-state index contributed by atoms with van der Waals surface area (Å²) in [7, 11) is -3.91. The fourth-order valence-corrected chi connectivity index (χ4v) is 7.31. The second kappa shape index (κ2) is 10.3. The van der Waals surface area contributed by atoms with Gasteiger partial charge in [0.05, 0.1) is 36.7 Å². The number of carbonyl (C=O) groups is 1. The molecule has 9 nitrogen and oxygen atoms in total. The number of ether oxygens (including phenoxy) is 1. The Morgan fingerprint density at radius 3 is 2.53 bits per heavy atom. The second-order valence-electron chi connectivity index (χ2n) is 7.36. The molecule has 1 amide bonds. The van der Waals surface area contributed by atoms with Crippen LogP contribution in [-0.2, 0) is 31.4 Å². The Morgan fingerprint density at radius 1 is 1.37 bits per heavy atom.